The number of esters is 1. The Hall–Kier alpha value is -2.16. The Labute approximate surface area is 183 Å². The van der Waals surface area contributed by atoms with Crippen molar-refractivity contribution in [1.29, 1.82) is 0 Å². The molecule has 31 heavy (non-hydrogen) atoms. The first-order valence-electron chi connectivity index (χ1n) is 11.0. The number of nitrogens with one attached hydrogen (secondary N) is 1. The van der Waals surface area contributed by atoms with Crippen molar-refractivity contribution >= 4 is 11.9 Å². The maximum Gasteiger partial charge on any atom is 0.341 e. The molecule has 1 aromatic rings. The molecule has 0 amide bonds. The van der Waals surface area contributed by atoms with Crippen molar-refractivity contribution in [2.45, 2.75) is 56.7 Å². The molecule has 0 bridgehead atoms. The smallest absolute Gasteiger partial charge is 0.341 e. The number of carbonyl (C=O) groups is 2. The number of carboxylic acid groups (broad SMARTS) is 1. The van der Waals surface area contributed by atoms with Gasteiger partial charge in [0, 0.05) is 12.6 Å². The predicted molar refractivity (Wildman–Crippen MR) is 115 cm³/mol. The highest BCUT2D eigenvalue weighted by Crippen LogP contribution is 2.49. The van der Waals surface area contributed by atoms with Crippen molar-refractivity contribution in [2.75, 3.05) is 27.4 Å². The molecule has 0 heterocycles. The highest BCUT2D eigenvalue weighted by molar-refractivity contribution is 5.69. The van der Waals surface area contributed by atoms with Crippen LogP contribution in [0.4, 0.5) is 0 Å². The van der Waals surface area contributed by atoms with Gasteiger partial charge >= 0.3 is 11.9 Å². The van der Waals surface area contributed by atoms with Gasteiger partial charge in [-0.15, -0.1) is 0 Å². The summed E-state index contributed by atoms with van der Waals surface area (Å²) in [5, 5.41) is 12.0. The molecule has 0 radical (unpaired) electrons. The van der Waals surface area contributed by atoms with Crippen LogP contribution in [0.2, 0.25) is 0 Å². The van der Waals surface area contributed by atoms with Gasteiger partial charge in [0.05, 0.1) is 13.0 Å². The number of benzene rings is 1. The van der Waals surface area contributed by atoms with Crippen LogP contribution >= 0.6 is 0 Å². The summed E-state index contributed by atoms with van der Waals surface area (Å²) in [6, 6.07) is 5.83. The van der Waals surface area contributed by atoms with E-state index in [0.29, 0.717) is 30.6 Å². The Morgan fingerprint density at radius 1 is 1.39 bits per heavy atom. The summed E-state index contributed by atoms with van der Waals surface area (Å²) < 4.78 is 16.0. The van der Waals surface area contributed by atoms with Crippen LogP contribution in [0.3, 0.4) is 0 Å². The number of hydrogen-bond acceptors (Lipinski definition) is 7. The predicted octanol–water partition coefficient (Wildman–Crippen LogP) is 1.88. The number of carbonyl (C=O) groups excluding carboxylic acids is 1. The molecule has 2 aliphatic carbocycles. The molecule has 4 N–H and O–H groups in total. The first-order chi connectivity index (χ1) is 14.9. The molecule has 1 aromatic carbocycles. The molecule has 1 saturated carbocycles. The summed E-state index contributed by atoms with van der Waals surface area (Å²) in [4.78, 5) is 22.8. The number of fused-ring (bicyclic) bond motifs is 2. The topological polar surface area (TPSA) is 120 Å². The Balaban J connectivity index is 1.63. The molecule has 8 heteroatoms. The van der Waals surface area contributed by atoms with E-state index in [-0.39, 0.29) is 30.8 Å². The average molecular weight is 435 g/mol. The van der Waals surface area contributed by atoms with E-state index in [1.807, 2.05) is 12.1 Å². The molecule has 0 aliphatic heterocycles. The zero-order valence-electron chi connectivity index (χ0n) is 18.4. The molecule has 1 fully saturated rings. The van der Waals surface area contributed by atoms with Crippen LogP contribution < -0.4 is 15.8 Å². The molecule has 3 rings (SSSR count). The van der Waals surface area contributed by atoms with Gasteiger partial charge in [0.2, 0.25) is 0 Å². The minimum atomic E-state index is -0.989. The van der Waals surface area contributed by atoms with Crippen LogP contribution in [0, 0.1) is 11.8 Å². The van der Waals surface area contributed by atoms with E-state index in [4.69, 9.17) is 25.1 Å². The number of nitrogens with two attached hydrogens (primary N) is 1. The molecule has 0 aromatic heterocycles. The van der Waals surface area contributed by atoms with E-state index in [2.05, 4.69) is 11.4 Å². The fourth-order valence-corrected chi connectivity index (χ4v) is 5.12. The first kappa shape index (κ1) is 23.5. The standard InChI is InChI=1S/C23H34N2O6/c1-25-20(31-22(28)9-11-29-2)7-6-15-8-10-23(24)13-17-16(12-18(15)23)4-3-5-19(17)30-14-21(26)27/h3-5,15,18,20,25H,6-14,24H2,1-2H3,(H,26,27). The third kappa shape index (κ3) is 5.75. The lowest BCUT2D eigenvalue weighted by Crippen LogP contribution is -2.50. The van der Waals surface area contributed by atoms with Crippen LogP contribution in [-0.2, 0) is 31.9 Å². The summed E-state index contributed by atoms with van der Waals surface area (Å²) in [5.74, 6) is 0.175. The quantitative estimate of drug-likeness (QED) is 0.357. The first-order valence-corrected chi connectivity index (χ1v) is 11.0. The molecule has 8 nitrogen and oxygen atoms in total. The summed E-state index contributed by atoms with van der Waals surface area (Å²) in [5.41, 5.74) is 8.80. The Morgan fingerprint density at radius 3 is 2.90 bits per heavy atom. The molecular weight excluding hydrogens is 400 g/mol. The molecule has 0 spiro atoms. The van der Waals surface area contributed by atoms with E-state index in [0.717, 1.165) is 37.7 Å². The van der Waals surface area contributed by atoms with E-state index < -0.39 is 5.97 Å². The summed E-state index contributed by atoms with van der Waals surface area (Å²) in [6.07, 6.45) is 5.11. The van der Waals surface area contributed by atoms with Gasteiger partial charge in [-0.3, -0.25) is 10.1 Å². The van der Waals surface area contributed by atoms with Crippen LogP contribution in [0.25, 0.3) is 0 Å². The van der Waals surface area contributed by atoms with Gasteiger partial charge in [0.15, 0.2) is 12.8 Å². The number of methoxy groups -OCH3 is 1. The number of carboxylic acids is 1. The van der Waals surface area contributed by atoms with Crippen molar-refractivity contribution in [3.63, 3.8) is 0 Å². The zero-order chi connectivity index (χ0) is 22.4. The van der Waals surface area contributed by atoms with Crippen LogP contribution in [0.1, 0.15) is 43.2 Å². The van der Waals surface area contributed by atoms with Crippen molar-refractivity contribution in [3.05, 3.63) is 29.3 Å². The van der Waals surface area contributed by atoms with Gasteiger partial charge in [0.25, 0.3) is 0 Å². The number of hydrogen-bond donors (Lipinski definition) is 3. The molecule has 4 atom stereocenters. The largest absolute Gasteiger partial charge is 0.482 e. The highest BCUT2D eigenvalue weighted by atomic mass is 16.6. The van der Waals surface area contributed by atoms with Crippen molar-refractivity contribution < 1.29 is 28.9 Å². The second-order valence-electron chi connectivity index (χ2n) is 8.68. The Morgan fingerprint density at radius 2 is 2.19 bits per heavy atom. The van der Waals surface area contributed by atoms with Crippen LogP contribution in [0.5, 0.6) is 5.75 Å². The fraction of sp³-hybridized carbons (Fsp3) is 0.652. The lowest BCUT2D eigenvalue weighted by molar-refractivity contribution is -0.152. The number of aliphatic carboxylic acids is 1. The minimum Gasteiger partial charge on any atom is -0.482 e. The second kappa shape index (κ2) is 10.4. The molecule has 172 valence electrons. The molecule has 0 saturated heterocycles. The van der Waals surface area contributed by atoms with Crippen molar-refractivity contribution in [2.24, 2.45) is 17.6 Å². The Kier molecular flexibility index (Phi) is 7.91. The van der Waals surface area contributed by atoms with E-state index in [9.17, 15) is 9.59 Å². The molecule has 2 aliphatic rings. The van der Waals surface area contributed by atoms with Gasteiger partial charge in [-0.25, -0.2) is 4.79 Å². The zero-order valence-corrected chi connectivity index (χ0v) is 18.4. The number of ether oxygens (including phenoxy) is 3. The number of rotatable bonds is 11. The van der Waals surface area contributed by atoms with E-state index >= 15 is 0 Å². The summed E-state index contributed by atoms with van der Waals surface area (Å²) >= 11 is 0. The van der Waals surface area contributed by atoms with Gasteiger partial charge in [-0.1, -0.05) is 12.1 Å². The van der Waals surface area contributed by atoms with Gasteiger partial charge in [0.1, 0.15) is 5.75 Å². The lowest BCUT2D eigenvalue weighted by Gasteiger charge is -2.40. The molecular formula is C23H34N2O6. The third-order valence-corrected chi connectivity index (χ3v) is 6.72. The molecule has 4 unspecified atom stereocenters. The fourth-order valence-electron chi connectivity index (χ4n) is 5.12. The van der Waals surface area contributed by atoms with Gasteiger partial charge in [-0.2, -0.15) is 0 Å². The maximum atomic E-state index is 11.9. The third-order valence-electron chi connectivity index (χ3n) is 6.72. The van der Waals surface area contributed by atoms with Crippen molar-refractivity contribution in [1.82, 2.24) is 5.32 Å². The highest BCUT2D eigenvalue weighted by Gasteiger charge is 2.48. The van der Waals surface area contributed by atoms with Gasteiger partial charge in [-0.05, 0) is 74.6 Å². The minimum absolute atomic E-state index is 0.246. The van der Waals surface area contributed by atoms with Gasteiger partial charge < -0.3 is 25.1 Å². The lowest BCUT2D eigenvalue weighted by atomic mass is 9.69. The monoisotopic (exact) mass is 434 g/mol. The maximum absolute atomic E-state index is 11.9. The second-order valence-corrected chi connectivity index (χ2v) is 8.68. The van der Waals surface area contributed by atoms with Crippen LogP contribution in [0.15, 0.2) is 18.2 Å². The average Bonchev–Trinajstić information content (AvgIpc) is 3.07. The SMILES string of the molecule is CNC(CCC1CCC2(N)Cc3c(cccc3OCC(=O)O)CC12)OC(=O)CCOC. The Bertz CT molecular complexity index is 785. The van der Waals surface area contributed by atoms with E-state index in [1.54, 1.807) is 14.2 Å². The summed E-state index contributed by atoms with van der Waals surface area (Å²) in [6.45, 7) is 0.00181. The normalized spacial score (nSPS) is 25.4. The van der Waals surface area contributed by atoms with Crippen molar-refractivity contribution in [3.8, 4) is 5.75 Å². The summed E-state index contributed by atoms with van der Waals surface area (Å²) in [7, 11) is 3.36. The van der Waals surface area contributed by atoms with E-state index in [1.165, 1.54) is 5.56 Å². The van der Waals surface area contributed by atoms with Crippen LogP contribution in [-0.4, -0.2) is 56.2 Å².